The summed E-state index contributed by atoms with van der Waals surface area (Å²) >= 11 is 0. The molecular weight excluding hydrogens is 316 g/mol. The van der Waals surface area contributed by atoms with Gasteiger partial charge in [0.15, 0.2) is 0 Å². The second-order valence-electron chi connectivity index (χ2n) is 7.63. The largest absolute Gasteiger partial charge is 0.389 e. The molecule has 2 fully saturated rings. The Kier molecular flexibility index (Phi) is 4.35. The maximum absolute atomic E-state index is 10.9. The molecule has 134 valence electrons. The van der Waals surface area contributed by atoms with Crippen LogP contribution in [-0.2, 0) is 0 Å². The summed E-state index contributed by atoms with van der Waals surface area (Å²) in [4.78, 5) is 11.0. The molecule has 1 saturated heterocycles. The Hall–Kier alpha value is -1.76. The third-order valence-corrected chi connectivity index (χ3v) is 5.59. The van der Waals surface area contributed by atoms with E-state index < -0.39 is 11.2 Å². The number of nitrogens with one attached hydrogen (secondary N) is 1. The molecule has 1 aliphatic heterocycles. The van der Waals surface area contributed by atoms with Crippen molar-refractivity contribution >= 4 is 16.7 Å². The van der Waals surface area contributed by atoms with Gasteiger partial charge in [-0.3, -0.25) is 9.97 Å². The fourth-order valence-electron chi connectivity index (χ4n) is 4.16. The molecule has 3 heterocycles. The highest BCUT2D eigenvalue weighted by atomic mass is 16.3. The van der Waals surface area contributed by atoms with Gasteiger partial charge in [-0.15, -0.1) is 0 Å². The average Bonchev–Trinajstić information content (AvgIpc) is 3.21. The first-order valence-electron chi connectivity index (χ1n) is 9.17. The molecule has 0 unspecified atom stereocenters. The van der Waals surface area contributed by atoms with Crippen LogP contribution < -0.4 is 10.2 Å². The van der Waals surface area contributed by atoms with Crippen molar-refractivity contribution in [1.29, 1.82) is 0 Å². The van der Waals surface area contributed by atoms with Gasteiger partial charge in [-0.25, -0.2) is 0 Å². The predicted molar refractivity (Wildman–Crippen MR) is 97.6 cm³/mol. The van der Waals surface area contributed by atoms with E-state index in [-0.39, 0.29) is 0 Å². The third-order valence-electron chi connectivity index (χ3n) is 5.59. The summed E-state index contributed by atoms with van der Waals surface area (Å²) in [5.41, 5.74) is 1.41. The fourth-order valence-corrected chi connectivity index (χ4v) is 4.16. The lowest BCUT2D eigenvalue weighted by atomic mass is 10.0. The van der Waals surface area contributed by atoms with Gasteiger partial charge >= 0.3 is 0 Å². The monoisotopic (exact) mass is 342 g/mol. The molecule has 6 nitrogen and oxygen atoms in total. The van der Waals surface area contributed by atoms with E-state index in [2.05, 4.69) is 20.2 Å². The normalized spacial score (nSPS) is 25.8. The van der Waals surface area contributed by atoms with Crippen molar-refractivity contribution in [2.24, 2.45) is 0 Å². The smallest absolute Gasteiger partial charge is 0.112 e. The summed E-state index contributed by atoms with van der Waals surface area (Å²) in [6.45, 7) is 2.42. The number of fused-ring (bicyclic) bond motifs is 1. The molecule has 2 aliphatic rings. The summed E-state index contributed by atoms with van der Waals surface area (Å²) < 4.78 is 0. The molecule has 1 aliphatic carbocycles. The minimum Gasteiger partial charge on any atom is -0.389 e. The van der Waals surface area contributed by atoms with E-state index >= 15 is 0 Å². The first-order chi connectivity index (χ1) is 12.1. The Morgan fingerprint density at radius 1 is 1.00 bits per heavy atom. The van der Waals surface area contributed by atoms with E-state index in [1.54, 1.807) is 12.4 Å². The molecule has 2 aromatic heterocycles. The zero-order chi connectivity index (χ0) is 17.3. The van der Waals surface area contributed by atoms with Gasteiger partial charge in [0.25, 0.3) is 0 Å². The molecule has 1 atom stereocenters. The molecule has 6 heteroatoms. The second kappa shape index (κ2) is 6.52. The molecule has 4 rings (SSSR count). The fraction of sp³-hybridized carbons (Fsp3) is 0.579. The summed E-state index contributed by atoms with van der Waals surface area (Å²) in [5, 5.41) is 24.7. The number of β-amino-alcohol motifs (C(OH)–C–C–N with tert-alkyl or cyclic N) is 1. The van der Waals surface area contributed by atoms with Crippen molar-refractivity contribution in [3.63, 3.8) is 0 Å². The maximum atomic E-state index is 10.9. The van der Waals surface area contributed by atoms with Crippen LogP contribution in [0.1, 0.15) is 32.1 Å². The lowest BCUT2D eigenvalue weighted by molar-refractivity contribution is 0.0286. The van der Waals surface area contributed by atoms with Crippen molar-refractivity contribution < 1.29 is 10.2 Å². The Labute approximate surface area is 147 Å². The Morgan fingerprint density at radius 3 is 2.64 bits per heavy atom. The molecule has 0 bridgehead atoms. The van der Waals surface area contributed by atoms with Gasteiger partial charge in [0.1, 0.15) is 5.52 Å². The van der Waals surface area contributed by atoms with Crippen LogP contribution in [0.25, 0.3) is 11.0 Å². The van der Waals surface area contributed by atoms with Gasteiger partial charge < -0.3 is 20.4 Å². The molecule has 0 spiro atoms. The van der Waals surface area contributed by atoms with Crippen LogP contribution in [-0.4, -0.2) is 57.6 Å². The van der Waals surface area contributed by atoms with Gasteiger partial charge in [0.2, 0.25) is 0 Å². The summed E-state index contributed by atoms with van der Waals surface area (Å²) in [5.74, 6) is 0. The summed E-state index contributed by atoms with van der Waals surface area (Å²) in [6, 6.07) is 5.81. The van der Waals surface area contributed by atoms with Gasteiger partial charge in [-0.05, 0) is 37.5 Å². The van der Waals surface area contributed by atoms with Crippen molar-refractivity contribution in [1.82, 2.24) is 15.3 Å². The highest BCUT2D eigenvalue weighted by Crippen LogP contribution is 2.31. The zero-order valence-corrected chi connectivity index (χ0v) is 14.5. The van der Waals surface area contributed by atoms with Crippen LogP contribution in [0.5, 0.6) is 0 Å². The van der Waals surface area contributed by atoms with Crippen molar-refractivity contribution in [3.8, 4) is 0 Å². The number of pyridine rings is 2. The molecule has 3 N–H and O–H groups in total. The maximum Gasteiger partial charge on any atom is 0.112 e. The zero-order valence-electron chi connectivity index (χ0n) is 14.5. The number of hydrogen-bond acceptors (Lipinski definition) is 6. The van der Waals surface area contributed by atoms with Crippen LogP contribution in [0.2, 0.25) is 0 Å². The molecule has 2 aromatic rings. The number of nitrogens with zero attached hydrogens (tertiary/aromatic N) is 3. The van der Waals surface area contributed by atoms with Crippen LogP contribution in [0.3, 0.4) is 0 Å². The van der Waals surface area contributed by atoms with Crippen molar-refractivity contribution in [2.45, 2.75) is 43.3 Å². The minimum atomic E-state index is -0.778. The topological polar surface area (TPSA) is 81.5 Å². The van der Waals surface area contributed by atoms with Crippen LogP contribution >= 0.6 is 0 Å². The molecule has 25 heavy (non-hydrogen) atoms. The number of hydrogen-bond donors (Lipinski definition) is 3. The molecule has 0 aromatic carbocycles. The lowest BCUT2D eigenvalue weighted by Gasteiger charge is -2.28. The Balaban J connectivity index is 1.41. The lowest BCUT2D eigenvalue weighted by Crippen LogP contribution is -2.47. The van der Waals surface area contributed by atoms with E-state index in [0.29, 0.717) is 26.1 Å². The van der Waals surface area contributed by atoms with Crippen LogP contribution in [0, 0.1) is 0 Å². The van der Waals surface area contributed by atoms with E-state index in [0.717, 1.165) is 48.9 Å². The predicted octanol–water partition coefficient (Wildman–Crippen LogP) is 1.47. The molecule has 0 radical (unpaired) electrons. The van der Waals surface area contributed by atoms with Crippen LogP contribution in [0.15, 0.2) is 30.6 Å². The number of rotatable bonds is 5. The van der Waals surface area contributed by atoms with E-state index in [1.165, 1.54) is 0 Å². The first-order valence-corrected chi connectivity index (χ1v) is 9.17. The van der Waals surface area contributed by atoms with Gasteiger partial charge in [-0.2, -0.15) is 0 Å². The number of aromatic nitrogens is 2. The summed E-state index contributed by atoms with van der Waals surface area (Å²) in [7, 11) is 0. The van der Waals surface area contributed by atoms with Crippen molar-refractivity contribution in [2.75, 3.05) is 31.1 Å². The average molecular weight is 342 g/mol. The quantitative estimate of drug-likeness (QED) is 0.763. The van der Waals surface area contributed by atoms with Crippen molar-refractivity contribution in [3.05, 3.63) is 30.6 Å². The van der Waals surface area contributed by atoms with Gasteiger partial charge in [0, 0.05) is 38.6 Å². The Bertz CT molecular complexity index is 742. The van der Waals surface area contributed by atoms with Gasteiger partial charge in [0.05, 0.1) is 22.4 Å². The van der Waals surface area contributed by atoms with E-state index in [4.69, 9.17) is 0 Å². The van der Waals surface area contributed by atoms with E-state index in [9.17, 15) is 10.2 Å². The van der Waals surface area contributed by atoms with Gasteiger partial charge in [-0.1, -0.05) is 12.8 Å². The number of aliphatic hydroxyl groups is 2. The molecule has 1 saturated carbocycles. The highest BCUT2D eigenvalue weighted by Gasteiger charge is 2.38. The molecule has 0 amide bonds. The number of anilines is 1. The van der Waals surface area contributed by atoms with Crippen LogP contribution in [0.4, 0.5) is 5.69 Å². The molecular formula is C19H26N4O2. The second-order valence-corrected chi connectivity index (χ2v) is 7.63. The van der Waals surface area contributed by atoms with E-state index in [1.807, 2.05) is 18.2 Å². The first kappa shape index (κ1) is 16.7. The minimum absolute atomic E-state index is 0.502. The summed E-state index contributed by atoms with van der Waals surface area (Å²) in [6.07, 6.45) is 8.19. The third kappa shape index (κ3) is 3.47. The standard InChI is InChI=1S/C19H26N4O2/c24-18(6-1-2-7-18)12-20-13-19(25)8-11-23(14-19)16-5-10-21-15-4-3-9-22-17(15)16/h3-5,9-10,20,24-25H,1-2,6-8,11-14H2/t19-/m0/s1. The Morgan fingerprint density at radius 2 is 1.80 bits per heavy atom. The SMILES string of the molecule is OC1(CNC[C@@]2(O)CCN(c3ccnc4cccnc34)C2)CCCC1. The highest BCUT2D eigenvalue weighted by molar-refractivity contribution is 5.87.